The van der Waals surface area contributed by atoms with Crippen LogP contribution in [0.5, 0.6) is 0 Å². The zero-order chi connectivity index (χ0) is 11.7. The summed E-state index contributed by atoms with van der Waals surface area (Å²) in [6.45, 7) is -0.0383. The third-order valence-corrected chi connectivity index (χ3v) is 1.30. The Labute approximate surface area is 114 Å². The molecule has 0 heterocycles. The molecular formula is C8H11NaO7. The molecule has 0 fully saturated rings. The number of aliphatic carboxylic acids is 2. The summed E-state index contributed by atoms with van der Waals surface area (Å²) in [4.78, 5) is 39.2. The molecule has 0 aliphatic heterocycles. The fourth-order valence-corrected chi connectivity index (χ4v) is 0.636. The van der Waals surface area contributed by atoms with Gasteiger partial charge in [0.15, 0.2) is 0 Å². The predicted octanol–water partition coefficient (Wildman–Crippen LogP) is -4.14. The molecule has 8 heteroatoms. The summed E-state index contributed by atoms with van der Waals surface area (Å²) in [5, 5.41) is 18.2. The average molecular weight is 242 g/mol. The minimum Gasteiger partial charge on any atom is -0.550 e. The Kier molecular flexibility index (Phi) is 12.1. The Morgan fingerprint density at radius 1 is 1.12 bits per heavy atom. The Hall–Kier alpha value is -0.630. The third-order valence-electron chi connectivity index (χ3n) is 1.30. The van der Waals surface area contributed by atoms with Gasteiger partial charge in [-0.15, -0.1) is 0 Å². The molecule has 0 aromatic heterocycles. The van der Waals surface area contributed by atoms with Gasteiger partial charge in [0, 0.05) is 12.4 Å². The van der Waals surface area contributed by atoms with Gasteiger partial charge in [-0.2, -0.15) is 4.89 Å². The zero-order valence-electron chi connectivity index (χ0n) is 8.93. The molecule has 0 aromatic carbocycles. The van der Waals surface area contributed by atoms with E-state index in [1.807, 2.05) is 0 Å². The van der Waals surface area contributed by atoms with Crippen molar-refractivity contribution in [2.24, 2.45) is 0 Å². The van der Waals surface area contributed by atoms with Crippen LogP contribution in [0.25, 0.3) is 0 Å². The summed E-state index contributed by atoms with van der Waals surface area (Å²) in [6, 6.07) is 0. The summed E-state index contributed by atoms with van der Waals surface area (Å²) in [5.41, 5.74) is 0. The van der Waals surface area contributed by atoms with E-state index in [-0.39, 0.29) is 55.4 Å². The van der Waals surface area contributed by atoms with Crippen LogP contribution in [-0.2, 0) is 24.2 Å². The molecule has 0 saturated heterocycles. The van der Waals surface area contributed by atoms with E-state index < -0.39 is 24.3 Å². The Balaban J connectivity index is 0. The van der Waals surface area contributed by atoms with Gasteiger partial charge >= 0.3 is 41.5 Å². The van der Waals surface area contributed by atoms with Gasteiger partial charge in [0.2, 0.25) is 0 Å². The SMILES string of the molecule is O=C([O-])CCC(=O)OOCCCC(=O)O.[Na+]. The molecule has 86 valence electrons. The second-order valence-electron chi connectivity index (χ2n) is 2.65. The molecule has 0 atom stereocenters. The molecule has 7 nitrogen and oxygen atoms in total. The molecular weight excluding hydrogens is 231 g/mol. The molecule has 0 unspecified atom stereocenters. The van der Waals surface area contributed by atoms with Gasteiger partial charge in [-0.05, 0) is 12.8 Å². The quantitative estimate of drug-likeness (QED) is 0.199. The molecule has 0 rings (SSSR count). The Morgan fingerprint density at radius 3 is 2.25 bits per heavy atom. The molecule has 0 amide bonds. The second kappa shape index (κ2) is 10.9. The van der Waals surface area contributed by atoms with Gasteiger partial charge in [-0.3, -0.25) is 9.68 Å². The van der Waals surface area contributed by atoms with Crippen LogP contribution >= 0.6 is 0 Å². The van der Waals surface area contributed by atoms with Crippen molar-refractivity contribution in [1.82, 2.24) is 0 Å². The first-order valence-electron chi connectivity index (χ1n) is 4.26. The minimum atomic E-state index is -1.35. The predicted molar refractivity (Wildman–Crippen MR) is 43.2 cm³/mol. The van der Waals surface area contributed by atoms with Crippen molar-refractivity contribution >= 4 is 17.9 Å². The fourth-order valence-electron chi connectivity index (χ4n) is 0.636. The van der Waals surface area contributed by atoms with E-state index in [0.717, 1.165) is 0 Å². The van der Waals surface area contributed by atoms with Crippen LogP contribution < -0.4 is 34.7 Å². The van der Waals surface area contributed by atoms with E-state index in [1.54, 1.807) is 0 Å². The van der Waals surface area contributed by atoms with Gasteiger partial charge in [-0.1, -0.05) is 0 Å². The van der Waals surface area contributed by atoms with Crippen LogP contribution in [0.4, 0.5) is 0 Å². The van der Waals surface area contributed by atoms with Gasteiger partial charge in [0.25, 0.3) is 0 Å². The van der Waals surface area contributed by atoms with Crippen molar-refractivity contribution in [3.05, 3.63) is 0 Å². The number of hydrogen-bond acceptors (Lipinski definition) is 6. The maximum absolute atomic E-state index is 10.7. The Morgan fingerprint density at radius 2 is 1.75 bits per heavy atom. The third kappa shape index (κ3) is 13.4. The van der Waals surface area contributed by atoms with E-state index in [9.17, 15) is 19.5 Å². The van der Waals surface area contributed by atoms with E-state index in [4.69, 9.17) is 5.11 Å². The van der Waals surface area contributed by atoms with Crippen molar-refractivity contribution in [1.29, 1.82) is 0 Å². The molecule has 0 bridgehead atoms. The fraction of sp³-hybridized carbons (Fsp3) is 0.625. The van der Waals surface area contributed by atoms with Crippen LogP contribution in [0.1, 0.15) is 25.7 Å². The van der Waals surface area contributed by atoms with Crippen LogP contribution in [0.3, 0.4) is 0 Å². The second-order valence-corrected chi connectivity index (χ2v) is 2.65. The van der Waals surface area contributed by atoms with Crippen molar-refractivity contribution in [2.75, 3.05) is 6.61 Å². The van der Waals surface area contributed by atoms with Crippen molar-refractivity contribution in [3.8, 4) is 0 Å². The topological polar surface area (TPSA) is 113 Å². The van der Waals surface area contributed by atoms with Gasteiger partial charge in [-0.25, -0.2) is 4.79 Å². The van der Waals surface area contributed by atoms with Crippen LogP contribution in [0.2, 0.25) is 0 Å². The molecule has 0 spiro atoms. The monoisotopic (exact) mass is 242 g/mol. The molecule has 0 radical (unpaired) electrons. The maximum atomic E-state index is 10.7. The average Bonchev–Trinajstić information content (AvgIpc) is 2.13. The summed E-state index contributed by atoms with van der Waals surface area (Å²) in [6.07, 6.45) is -0.641. The molecule has 16 heavy (non-hydrogen) atoms. The number of carboxylic acid groups (broad SMARTS) is 2. The standard InChI is InChI=1S/C8H12O7.Na/c9-6(10)2-1-5-14-15-8(13)4-3-7(11)12;/h1-5H2,(H,9,10)(H,11,12);/q;+1/p-1. The first-order chi connectivity index (χ1) is 7.02. The number of hydrogen-bond donors (Lipinski definition) is 1. The van der Waals surface area contributed by atoms with Crippen LogP contribution in [0.15, 0.2) is 0 Å². The maximum Gasteiger partial charge on any atom is 1.00 e. The molecule has 0 saturated carbocycles. The van der Waals surface area contributed by atoms with Crippen LogP contribution in [-0.4, -0.2) is 29.6 Å². The first kappa shape index (κ1) is 17.8. The van der Waals surface area contributed by atoms with Gasteiger partial charge < -0.3 is 15.0 Å². The summed E-state index contributed by atoms with van der Waals surface area (Å²) < 4.78 is 0. The van der Waals surface area contributed by atoms with E-state index in [0.29, 0.717) is 0 Å². The van der Waals surface area contributed by atoms with Crippen molar-refractivity contribution in [2.45, 2.75) is 25.7 Å². The number of carboxylic acids is 2. The number of carbonyl (C=O) groups excluding carboxylic acids is 2. The van der Waals surface area contributed by atoms with Gasteiger partial charge in [0.05, 0.1) is 13.0 Å². The molecule has 0 aromatic rings. The summed E-state index contributed by atoms with van der Waals surface area (Å²) in [7, 11) is 0. The van der Waals surface area contributed by atoms with Crippen molar-refractivity contribution in [3.63, 3.8) is 0 Å². The smallest absolute Gasteiger partial charge is 0.550 e. The minimum absolute atomic E-state index is 0. The van der Waals surface area contributed by atoms with Crippen molar-refractivity contribution < 1.29 is 63.9 Å². The zero-order valence-corrected chi connectivity index (χ0v) is 10.9. The Bertz CT molecular complexity index is 241. The molecule has 1 N–H and O–H groups in total. The largest absolute Gasteiger partial charge is 1.00 e. The van der Waals surface area contributed by atoms with E-state index in [1.165, 1.54) is 0 Å². The number of carbonyl (C=O) groups is 3. The molecule has 0 aliphatic rings. The van der Waals surface area contributed by atoms with Gasteiger partial charge in [0.1, 0.15) is 0 Å². The number of rotatable bonds is 8. The first-order valence-corrected chi connectivity index (χ1v) is 4.26. The molecule has 0 aliphatic carbocycles. The normalized spacial score (nSPS) is 9.00. The van der Waals surface area contributed by atoms with E-state index in [2.05, 4.69) is 9.78 Å². The summed E-state index contributed by atoms with van der Waals surface area (Å²) >= 11 is 0. The van der Waals surface area contributed by atoms with Crippen LogP contribution in [0, 0.1) is 0 Å². The van der Waals surface area contributed by atoms with E-state index >= 15 is 0 Å². The summed E-state index contributed by atoms with van der Waals surface area (Å²) in [5.74, 6) is -3.14.